The van der Waals surface area contributed by atoms with Gasteiger partial charge in [-0.1, -0.05) is 13.3 Å². The molecule has 0 aromatic carbocycles. The molecule has 0 aliphatic carbocycles. The number of alkyl halides is 1. The minimum atomic E-state index is -0.565. The molecule has 0 saturated carbocycles. The maximum absolute atomic E-state index is 13.0. The molecule has 10 heavy (non-hydrogen) atoms. The second-order valence-corrected chi connectivity index (χ2v) is 3.14. The van der Waals surface area contributed by atoms with Gasteiger partial charge in [-0.2, -0.15) is 0 Å². The molecule has 1 nitrogen and oxygen atoms in total. The van der Waals surface area contributed by atoms with E-state index in [-0.39, 0.29) is 6.04 Å². The first-order valence-corrected chi connectivity index (χ1v) is 4.10. The summed E-state index contributed by atoms with van der Waals surface area (Å²) in [5.74, 6) is 0. The van der Waals surface area contributed by atoms with Crippen molar-refractivity contribution in [2.45, 2.75) is 38.4 Å². The fraction of sp³-hybridized carbons (Fsp3) is 1.00. The van der Waals surface area contributed by atoms with Crippen molar-refractivity contribution in [1.82, 2.24) is 4.90 Å². The summed E-state index contributed by atoms with van der Waals surface area (Å²) >= 11 is 0. The molecule has 0 bridgehead atoms. The average molecular weight is 145 g/mol. The molecule has 60 valence electrons. The highest BCUT2D eigenvalue weighted by molar-refractivity contribution is 4.84. The number of nitrogens with zero attached hydrogens (tertiary/aromatic N) is 1. The largest absolute Gasteiger partial charge is 0.300 e. The number of hydrogen-bond donors (Lipinski definition) is 0. The predicted molar refractivity (Wildman–Crippen MR) is 40.8 cm³/mol. The van der Waals surface area contributed by atoms with Gasteiger partial charge in [0.25, 0.3) is 0 Å². The van der Waals surface area contributed by atoms with E-state index in [4.69, 9.17) is 0 Å². The summed E-state index contributed by atoms with van der Waals surface area (Å²) in [6, 6.07) is 0.213. The molecule has 1 aliphatic heterocycles. The van der Waals surface area contributed by atoms with Crippen LogP contribution in [-0.4, -0.2) is 30.7 Å². The summed E-state index contributed by atoms with van der Waals surface area (Å²) in [4.78, 5) is 2.13. The highest BCUT2D eigenvalue weighted by Gasteiger charge is 2.30. The summed E-state index contributed by atoms with van der Waals surface area (Å²) in [6.07, 6.45) is 2.28. The van der Waals surface area contributed by atoms with Crippen LogP contribution in [0, 0.1) is 0 Å². The van der Waals surface area contributed by atoms with Crippen molar-refractivity contribution in [2.24, 2.45) is 0 Å². The quantitative estimate of drug-likeness (QED) is 0.573. The number of likely N-dealkylation sites (tertiary alicyclic amines) is 1. The van der Waals surface area contributed by atoms with Crippen LogP contribution in [0.2, 0.25) is 0 Å². The van der Waals surface area contributed by atoms with Gasteiger partial charge in [0.2, 0.25) is 0 Å². The highest BCUT2D eigenvalue weighted by atomic mass is 19.1. The molecule has 2 atom stereocenters. The van der Waals surface area contributed by atoms with E-state index in [1.807, 2.05) is 7.05 Å². The Labute approximate surface area is 62.2 Å². The zero-order chi connectivity index (χ0) is 7.56. The van der Waals surface area contributed by atoms with E-state index in [0.29, 0.717) is 0 Å². The Morgan fingerprint density at radius 3 is 2.70 bits per heavy atom. The summed E-state index contributed by atoms with van der Waals surface area (Å²) in [7, 11) is 2.01. The van der Waals surface area contributed by atoms with Crippen LogP contribution in [0.1, 0.15) is 26.2 Å². The molecular formula is C8H16FN. The maximum Gasteiger partial charge on any atom is 0.117 e. The molecule has 1 unspecified atom stereocenters. The lowest BCUT2D eigenvalue weighted by molar-refractivity contribution is 0.210. The third kappa shape index (κ3) is 1.48. The van der Waals surface area contributed by atoms with Crippen LogP contribution in [0.3, 0.4) is 0 Å². The van der Waals surface area contributed by atoms with Crippen molar-refractivity contribution < 1.29 is 4.39 Å². The summed E-state index contributed by atoms with van der Waals surface area (Å²) in [5, 5.41) is 0. The molecule has 1 fully saturated rings. The van der Waals surface area contributed by atoms with Crippen molar-refractivity contribution in [1.29, 1.82) is 0 Å². The molecule has 1 aliphatic rings. The van der Waals surface area contributed by atoms with E-state index in [2.05, 4.69) is 11.8 Å². The van der Waals surface area contributed by atoms with Crippen LogP contribution < -0.4 is 0 Å². The minimum absolute atomic E-state index is 0.213. The van der Waals surface area contributed by atoms with E-state index in [0.717, 1.165) is 25.8 Å². The summed E-state index contributed by atoms with van der Waals surface area (Å²) in [5.41, 5.74) is 0. The van der Waals surface area contributed by atoms with Crippen molar-refractivity contribution in [3.8, 4) is 0 Å². The van der Waals surface area contributed by atoms with Crippen molar-refractivity contribution in [2.75, 3.05) is 13.6 Å². The maximum atomic E-state index is 13.0. The molecule has 1 rings (SSSR count). The van der Waals surface area contributed by atoms with E-state index in [1.54, 1.807) is 0 Å². The van der Waals surface area contributed by atoms with Gasteiger partial charge in [0.1, 0.15) is 6.17 Å². The zero-order valence-corrected chi connectivity index (χ0v) is 6.81. The Hall–Kier alpha value is -0.110. The fourth-order valence-corrected chi connectivity index (χ4v) is 1.66. The lowest BCUT2D eigenvalue weighted by Gasteiger charge is -2.19. The number of halogens is 1. The minimum Gasteiger partial charge on any atom is -0.300 e. The lowest BCUT2D eigenvalue weighted by atomic mass is 10.1. The van der Waals surface area contributed by atoms with Gasteiger partial charge in [-0.25, -0.2) is 4.39 Å². The molecule has 0 aromatic rings. The molecule has 0 N–H and O–H groups in total. The highest BCUT2D eigenvalue weighted by Crippen LogP contribution is 2.22. The van der Waals surface area contributed by atoms with Gasteiger partial charge in [-0.15, -0.1) is 0 Å². The third-order valence-electron chi connectivity index (χ3n) is 2.33. The van der Waals surface area contributed by atoms with Gasteiger partial charge in [-0.3, -0.25) is 0 Å². The zero-order valence-electron chi connectivity index (χ0n) is 6.81. The molecule has 0 spiro atoms. The summed E-state index contributed by atoms with van der Waals surface area (Å²) < 4.78 is 13.0. The Balaban J connectivity index is 2.38. The Morgan fingerprint density at radius 2 is 2.30 bits per heavy atom. The number of rotatable bonds is 2. The SMILES string of the molecule is CCC[C@@H]1C(F)CCN1C. The average Bonchev–Trinajstić information content (AvgIpc) is 2.20. The standard InChI is InChI=1S/C8H16FN/c1-3-4-8-7(9)5-6-10(8)2/h7-8H,3-6H2,1-2H3/t7?,8-/m1/s1. The first-order chi connectivity index (χ1) is 4.75. The first kappa shape index (κ1) is 7.99. The fourth-order valence-electron chi connectivity index (χ4n) is 1.66. The Morgan fingerprint density at radius 1 is 1.60 bits per heavy atom. The van der Waals surface area contributed by atoms with Crippen LogP contribution in [-0.2, 0) is 0 Å². The van der Waals surface area contributed by atoms with Crippen LogP contribution in [0.15, 0.2) is 0 Å². The molecule has 1 heterocycles. The van der Waals surface area contributed by atoms with E-state index in [1.165, 1.54) is 0 Å². The molecule has 0 amide bonds. The second kappa shape index (κ2) is 3.33. The van der Waals surface area contributed by atoms with Gasteiger partial charge in [0.15, 0.2) is 0 Å². The molecule has 0 radical (unpaired) electrons. The van der Waals surface area contributed by atoms with Gasteiger partial charge in [0, 0.05) is 12.6 Å². The van der Waals surface area contributed by atoms with Crippen LogP contribution in [0.25, 0.3) is 0 Å². The molecular weight excluding hydrogens is 129 g/mol. The van der Waals surface area contributed by atoms with Gasteiger partial charge < -0.3 is 4.90 Å². The van der Waals surface area contributed by atoms with Crippen molar-refractivity contribution >= 4 is 0 Å². The van der Waals surface area contributed by atoms with Crippen LogP contribution in [0.4, 0.5) is 4.39 Å². The van der Waals surface area contributed by atoms with Crippen molar-refractivity contribution in [3.63, 3.8) is 0 Å². The number of hydrogen-bond acceptors (Lipinski definition) is 1. The smallest absolute Gasteiger partial charge is 0.117 e. The molecule has 2 heteroatoms. The molecule has 0 aromatic heterocycles. The van der Waals surface area contributed by atoms with Crippen LogP contribution >= 0.6 is 0 Å². The van der Waals surface area contributed by atoms with Gasteiger partial charge in [-0.05, 0) is 19.9 Å². The summed E-state index contributed by atoms with van der Waals surface area (Å²) in [6.45, 7) is 3.05. The normalized spacial score (nSPS) is 35.1. The van der Waals surface area contributed by atoms with Gasteiger partial charge in [0.05, 0.1) is 0 Å². The molecule has 1 saturated heterocycles. The second-order valence-electron chi connectivity index (χ2n) is 3.14. The predicted octanol–water partition coefficient (Wildman–Crippen LogP) is 1.83. The van der Waals surface area contributed by atoms with E-state index in [9.17, 15) is 4.39 Å². The van der Waals surface area contributed by atoms with Crippen molar-refractivity contribution in [3.05, 3.63) is 0 Å². The Bertz CT molecular complexity index is 95.4. The lowest BCUT2D eigenvalue weighted by Crippen LogP contribution is -2.29. The van der Waals surface area contributed by atoms with Crippen LogP contribution in [0.5, 0.6) is 0 Å². The monoisotopic (exact) mass is 145 g/mol. The van der Waals surface area contributed by atoms with Gasteiger partial charge >= 0.3 is 0 Å². The Kier molecular flexibility index (Phi) is 2.66. The first-order valence-electron chi connectivity index (χ1n) is 4.10. The third-order valence-corrected chi connectivity index (χ3v) is 2.33. The van der Waals surface area contributed by atoms with E-state index >= 15 is 0 Å². The topological polar surface area (TPSA) is 3.24 Å². The van der Waals surface area contributed by atoms with E-state index < -0.39 is 6.17 Å².